The number of urea groups is 1. The molecule has 122 valence electrons. The van der Waals surface area contributed by atoms with Crippen molar-refractivity contribution >= 4 is 11.9 Å². The second kappa shape index (κ2) is 9.73. The van der Waals surface area contributed by atoms with E-state index >= 15 is 0 Å². The Morgan fingerprint density at radius 2 is 2.14 bits per heavy atom. The van der Waals surface area contributed by atoms with E-state index in [1.165, 1.54) is 12.8 Å². The molecule has 1 aliphatic heterocycles. The first-order valence-corrected chi connectivity index (χ1v) is 7.94. The average Bonchev–Trinajstić information content (AvgIpc) is 2.38. The van der Waals surface area contributed by atoms with Crippen molar-refractivity contribution in [2.45, 2.75) is 33.1 Å². The summed E-state index contributed by atoms with van der Waals surface area (Å²) in [5.74, 6) is 0.885. The summed E-state index contributed by atoms with van der Waals surface area (Å²) in [5, 5.41) is 8.44. The SMILES string of the molecule is CC(C)CCNC(=O)NC(=O)CN(C)CC1CCCNC1. The molecule has 1 fully saturated rings. The molecule has 0 aromatic rings. The molecule has 3 amide bonds. The van der Waals surface area contributed by atoms with Crippen molar-refractivity contribution in [3.05, 3.63) is 0 Å². The van der Waals surface area contributed by atoms with Crippen LogP contribution in [-0.4, -0.2) is 56.6 Å². The zero-order chi connectivity index (χ0) is 15.7. The molecule has 0 aromatic heterocycles. The van der Waals surface area contributed by atoms with Gasteiger partial charge in [-0.1, -0.05) is 13.8 Å². The lowest BCUT2D eigenvalue weighted by Crippen LogP contribution is -2.45. The summed E-state index contributed by atoms with van der Waals surface area (Å²) in [4.78, 5) is 25.3. The molecule has 0 aromatic carbocycles. The standard InChI is InChI=1S/C15H30N4O2/c1-12(2)6-8-17-15(21)18-14(20)11-19(3)10-13-5-4-7-16-9-13/h12-13,16H,4-11H2,1-3H3,(H2,17,18,20,21). The lowest BCUT2D eigenvalue weighted by atomic mass is 9.99. The maximum atomic E-state index is 11.8. The smallest absolute Gasteiger partial charge is 0.321 e. The Balaban J connectivity index is 2.15. The Morgan fingerprint density at radius 1 is 1.38 bits per heavy atom. The van der Waals surface area contributed by atoms with Crippen molar-refractivity contribution in [3.63, 3.8) is 0 Å². The second-order valence-corrected chi connectivity index (χ2v) is 6.40. The van der Waals surface area contributed by atoms with Crippen LogP contribution in [0.25, 0.3) is 0 Å². The van der Waals surface area contributed by atoms with Gasteiger partial charge >= 0.3 is 6.03 Å². The normalized spacial score (nSPS) is 18.8. The first-order valence-electron chi connectivity index (χ1n) is 7.94. The lowest BCUT2D eigenvalue weighted by molar-refractivity contribution is -0.121. The minimum atomic E-state index is -0.395. The molecule has 1 atom stereocenters. The maximum absolute atomic E-state index is 11.8. The van der Waals surface area contributed by atoms with E-state index in [1.807, 2.05) is 11.9 Å². The largest absolute Gasteiger partial charge is 0.338 e. The summed E-state index contributed by atoms with van der Waals surface area (Å²) in [6.45, 7) is 8.04. The quantitative estimate of drug-likeness (QED) is 0.650. The van der Waals surface area contributed by atoms with Crippen LogP contribution >= 0.6 is 0 Å². The third-order valence-electron chi connectivity index (χ3n) is 3.64. The zero-order valence-electron chi connectivity index (χ0n) is 13.6. The summed E-state index contributed by atoms with van der Waals surface area (Å²) in [6.07, 6.45) is 3.31. The van der Waals surface area contributed by atoms with Gasteiger partial charge in [0.15, 0.2) is 0 Å². The Hall–Kier alpha value is -1.14. The van der Waals surface area contributed by atoms with Gasteiger partial charge in [-0.15, -0.1) is 0 Å². The molecule has 1 heterocycles. The van der Waals surface area contributed by atoms with E-state index in [9.17, 15) is 9.59 Å². The topological polar surface area (TPSA) is 73.5 Å². The van der Waals surface area contributed by atoms with Crippen LogP contribution in [0.15, 0.2) is 0 Å². The number of hydrogen-bond donors (Lipinski definition) is 3. The molecule has 0 saturated carbocycles. The van der Waals surface area contributed by atoms with Crippen LogP contribution in [0.4, 0.5) is 4.79 Å². The monoisotopic (exact) mass is 298 g/mol. The van der Waals surface area contributed by atoms with E-state index in [0.717, 1.165) is 26.1 Å². The van der Waals surface area contributed by atoms with E-state index in [1.54, 1.807) is 0 Å². The summed E-state index contributed by atoms with van der Waals surface area (Å²) < 4.78 is 0. The van der Waals surface area contributed by atoms with Crippen LogP contribution < -0.4 is 16.0 Å². The van der Waals surface area contributed by atoms with Crippen molar-refractivity contribution < 1.29 is 9.59 Å². The molecule has 1 unspecified atom stereocenters. The van der Waals surface area contributed by atoms with Crippen molar-refractivity contribution in [1.82, 2.24) is 20.9 Å². The van der Waals surface area contributed by atoms with Gasteiger partial charge in [0.2, 0.25) is 5.91 Å². The molecule has 6 heteroatoms. The molecular formula is C15H30N4O2. The fourth-order valence-electron chi connectivity index (χ4n) is 2.52. The molecule has 1 saturated heterocycles. The number of likely N-dealkylation sites (N-methyl/N-ethyl adjacent to an activating group) is 1. The first-order chi connectivity index (χ1) is 9.97. The lowest BCUT2D eigenvalue weighted by Gasteiger charge is -2.27. The number of hydrogen-bond acceptors (Lipinski definition) is 4. The highest BCUT2D eigenvalue weighted by Crippen LogP contribution is 2.10. The Morgan fingerprint density at radius 3 is 2.76 bits per heavy atom. The van der Waals surface area contributed by atoms with Gasteiger partial charge in [0, 0.05) is 13.1 Å². The van der Waals surface area contributed by atoms with E-state index < -0.39 is 6.03 Å². The average molecular weight is 298 g/mol. The van der Waals surface area contributed by atoms with Gasteiger partial charge in [-0.05, 0) is 51.2 Å². The molecule has 1 aliphatic rings. The van der Waals surface area contributed by atoms with Gasteiger partial charge < -0.3 is 10.6 Å². The highest BCUT2D eigenvalue weighted by molar-refractivity contribution is 5.95. The van der Waals surface area contributed by atoms with Crippen LogP contribution in [0.3, 0.4) is 0 Å². The highest BCUT2D eigenvalue weighted by Gasteiger charge is 2.17. The third-order valence-corrected chi connectivity index (χ3v) is 3.64. The molecule has 21 heavy (non-hydrogen) atoms. The second-order valence-electron chi connectivity index (χ2n) is 6.40. The third kappa shape index (κ3) is 8.67. The van der Waals surface area contributed by atoms with Gasteiger partial charge in [-0.2, -0.15) is 0 Å². The minimum Gasteiger partial charge on any atom is -0.338 e. The van der Waals surface area contributed by atoms with Gasteiger partial charge in [0.25, 0.3) is 0 Å². The predicted octanol–water partition coefficient (Wildman–Crippen LogP) is 0.790. The first kappa shape index (κ1) is 17.9. The van der Waals surface area contributed by atoms with Crippen molar-refractivity contribution in [2.24, 2.45) is 11.8 Å². The number of rotatable bonds is 7. The zero-order valence-corrected chi connectivity index (χ0v) is 13.6. The number of nitrogens with one attached hydrogen (secondary N) is 3. The molecule has 1 rings (SSSR count). The molecule has 0 bridgehead atoms. The van der Waals surface area contributed by atoms with Crippen LogP contribution in [0.1, 0.15) is 33.1 Å². The number of carbonyl (C=O) groups excluding carboxylic acids is 2. The molecule has 3 N–H and O–H groups in total. The van der Waals surface area contributed by atoms with E-state index in [-0.39, 0.29) is 12.5 Å². The Bertz CT molecular complexity index is 328. The van der Waals surface area contributed by atoms with E-state index in [2.05, 4.69) is 29.8 Å². The van der Waals surface area contributed by atoms with Crippen LogP contribution in [-0.2, 0) is 4.79 Å². The molecule has 0 radical (unpaired) electrons. The van der Waals surface area contributed by atoms with Crippen LogP contribution in [0, 0.1) is 11.8 Å². The molecule has 0 aliphatic carbocycles. The van der Waals surface area contributed by atoms with Crippen molar-refractivity contribution in [2.75, 3.05) is 39.8 Å². The summed E-state index contributed by atoms with van der Waals surface area (Å²) in [5.41, 5.74) is 0. The molecular weight excluding hydrogens is 268 g/mol. The maximum Gasteiger partial charge on any atom is 0.321 e. The predicted molar refractivity (Wildman–Crippen MR) is 84.1 cm³/mol. The highest BCUT2D eigenvalue weighted by atomic mass is 16.2. The van der Waals surface area contributed by atoms with Crippen molar-refractivity contribution in [1.29, 1.82) is 0 Å². The van der Waals surface area contributed by atoms with E-state index in [4.69, 9.17) is 0 Å². The van der Waals surface area contributed by atoms with Gasteiger partial charge in [0.1, 0.15) is 0 Å². The minimum absolute atomic E-state index is 0.247. The van der Waals surface area contributed by atoms with Crippen LogP contribution in [0.2, 0.25) is 0 Å². The van der Waals surface area contributed by atoms with Gasteiger partial charge in [-0.25, -0.2) is 4.79 Å². The summed E-state index contributed by atoms with van der Waals surface area (Å²) in [7, 11) is 1.92. The van der Waals surface area contributed by atoms with Gasteiger partial charge in [0.05, 0.1) is 6.54 Å². The number of piperidine rings is 1. The summed E-state index contributed by atoms with van der Waals surface area (Å²) in [6, 6.07) is -0.395. The fourth-order valence-corrected chi connectivity index (χ4v) is 2.52. The fraction of sp³-hybridized carbons (Fsp3) is 0.867. The van der Waals surface area contributed by atoms with E-state index in [0.29, 0.717) is 18.4 Å². The van der Waals surface area contributed by atoms with Crippen LogP contribution in [0.5, 0.6) is 0 Å². The Labute approximate surface area is 128 Å². The Kier molecular flexibility index (Phi) is 8.30. The number of nitrogens with zero attached hydrogens (tertiary/aromatic N) is 1. The molecule has 0 spiro atoms. The number of imide groups is 1. The van der Waals surface area contributed by atoms with Gasteiger partial charge in [-0.3, -0.25) is 15.0 Å². The van der Waals surface area contributed by atoms with Crippen molar-refractivity contribution in [3.8, 4) is 0 Å². The summed E-state index contributed by atoms with van der Waals surface area (Å²) >= 11 is 0. The number of amides is 3. The molecule has 6 nitrogen and oxygen atoms in total. The number of carbonyl (C=O) groups is 2.